The van der Waals surface area contributed by atoms with E-state index < -0.39 is 0 Å². The molecule has 0 aromatic heterocycles. The molecule has 0 saturated carbocycles. The van der Waals surface area contributed by atoms with Crippen molar-refractivity contribution < 1.29 is 0 Å². The molecule has 0 aliphatic carbocycles. The Labute approximate surface area is 53.7 Å². The quantitative estimate of drug-likeness (QED) is 0.598. The van der Waals surface area contributed by atoms with Crippen molar-refractivity contribution in [2.45, 2.75) is 19.3 Å². The van der Waals surface area contributed by atoms with Gasteiger partial charge in [0.05, 0.1) is 0 Å². The van der Waals surface area contributed by atoms with Crippen molar-refractivity contribution in [3.05, 3.63) is 18.0 Å². The van der Waals surface area contributed by atoms with Crippen LogP contribution in [-0.4, -0.2) is 0 Å². The van der Waals surface area contributed by atoms with Crippen molar-refractivity contribution in [1.29, 1.82) is 0 Å². The van der Waals surface area contributed by atoms with Crippen molar-refractivity contribution in [3.63, 3.8) is 0 Å². The normalized spacial score (nSPS) is 8.86. The van der Waals surface area contributed by atoms with Gasteiger partial charge in [-0.2, -0.15) is 0 Å². The van der Waals surface area contributed by atoms with Gasteiger partial charge in [0.1, 0.15) is 0 Å². The van der Waals surface area contributed by atoms with E-state index >= 15 is 0 Å². The van der Waals surface area contributed by atoms with Gasteiger partial charge in [-0.05, 0) is 17.3 Å². The van der Waals surface area contributed by atoms with Crippen molar-refractivity contribution in [1.82, 2.24) is 0 Å². The van der Waals surface area contributed by atoms with Gasteiger partial charge < -0.3 is 0 Å². The SMILES string of the molecule is [CH2]CCCC(=C)Br. The molecule has 0 rings (SSSR count). The average Bonchev–Trinajstić information content (AvgIpc) is 1.61. The van der Waals surface area contributed by atoms with Gasteiger partial charge in [0.2, 0.25) is 0 Å². The topological polar surface area (TPSA) is 0 Å². The Morgan fingerprint density at radius 2 is 2.14 bits per heavy atom. The van der Waals surface area contributed by atoms with Crippen molar-refractivity contribution in [2.75, 3.05) is 0 Å². The number of halogens is 1. The maximum atomic E-state index is 3.70. The molecular weight excluding hydrogens is 152 g/mol. The maximum absolute atomic E-state index is 3.70. The Balaban J connectivity index is 2.82. The van der Waals surface area contributed by atoms with Crippen LogP contribution in [0.25, 0.3) is 0 Å². The van der Waals surface area contributed by atoms with E-state index in [1.807, 2.05) is 0 Å². The van der Waals surface area contributed by atoms with Crippen LogP contribution in [0.3, 0.4) is 0 Å². The number of hydrogen-bond donors (Lipinski definition) is 0. The zero-order chi connectivity index (χ0) is 5.70. The van der Waals surface area contributed by atoms with Gasteiger partial charge in [-0.15, -0.1) is 0 Å². The first-order chi connectivity index (χ1) is 3.27. The molecule has 0 N–H and O–H groups in total. The smallest absolute Gasteiger partial charge is 0.0121 e. The summed E-state index contributed by atoms with van der Waals surface area (Å²) in [5.74, 6) is 0. The lowest BCUT2D eigenvalue weighted by molar-refractivity contribution is 0.862. The predicted octanol–water partition coefficient (Wildman–Crippen LogP) is 2.90. The molecule has 0 aromatic carbocycles. The van der Waals surface area contributed by atoms with Gasteiger partial charge in [0, 0.05) is 0 Å². The van der Waals surface area contributed by atoms with Gasteiger partial charge in [0.15, 0.2) is 0 Å². The maximum Gasteiger partial charge on any atom is -0.0121 e. The number of unbranched alkanes of at least 4 members (excludes halogenated alkanes) is 1. The molecule has 0 bridgehead atoms. The van der Waals surface area contributed by atoms with Crippen LogP contribution in [0.5, 0.6) is 0 Å². The monoisotopic (exact) mass is 161 g/mol. The fraction of sp³-hybridized carbons (Fsp3) is 0.500. The summed E-state index contributed by atoms with van der Waals surface area (Å²) in [7, 11) is 0. The minimum absolute atomic E-state index is 1.00. The van der Waals surface area contributed by atoms with E-state index in [0.717, 1.165) is 23.7 Å². The Morgan fingerprint density at radius 3 is 2.29 bits per heavy atom. The molecule has 0 heterocycles. The van der Waals surface area contributed by atoms with Crippen LogP contribution in [-0.2, 0) is 0 Å². The molecule has 0 fully saturated rings. The summed E-state index contributed by atoms with van der Waals surface area (Å²) in [6.07, 6.45) is 3.21. The first-order valence-electron chi connectivity index (χ1n) is 2.40. The molecule has 0 unspecified atom stereocenters. The second-order valence-electron chi connectivity index (χ2n) is 1.47. The third kappa shape index (κ3) is 6.22. The standard InChI is InChI=1S/C6H10Br/c1-3-4-5-6(2)7/h1-5H2. The van der Waals surface area contributed by atoms with Gasteiger partial charge >= 0.3 is 0 Å². The van der Waals surface area contributed by atoms with Crippen molar-refractivity contribution in [3.8, 4) is 0 Å². The zero-order valence-electron chi connectivity index (χ0n) is 4.41. The molecule has 0 nitrogen and oxygen atoms in total. The minimum atomic E-state index is 1.00. The highest BCUT2D eigenvalue weighted by Gasteiger charge is 1.83. The van der Waals surface area contributed by atoms with E-state index in [1.54, 1.807) is 0 Å². The highest BCUT2D eigenvalue weighted by Crippen LogP contribution is 2.09. The van der Waals surface area contributed by atoms with Crippen molar-refractivity contribution in [2.24, 2.45) is 0 Å². The fourth-order valence-electron chi connectivity index (χ4n) is 0.317. The van der Waals surface area contributed by atoms with Crippen LogP contribution >= 0.6 is 15.9 Å². The second kappa shape index (κ2) is 4.38. The van der Waals surface area contributed by atoms with Gasteiger partial charge in [-0.1, -0.05) is 35.9 Å². The zero-order valence-corrected chi connectivity index (χ0v) is 6.00. The minimum Gasteiger partial charge on any atom is -0.0889 e. The number of hydrogen-bond acceptors (Lipinski definition) is 0. The molecule has 0 spiro atoms. The van der Waals surface area contributed by atoms with E-state index in [1.165, 1.54) is 0 Å². The third-order valence-corrected chi connectivity index (χ3v) is 1.09. The van der Waals surface area contributed by atoms with Crippen LogP contribution in [0.15, 0.2) is 11.1 Å². The summed E-state index contributed by atoms with van der Waals surface area (Å²) >= 11 is 3.25. The van der Waals surface area contributed by atoms with E-state index in [2.05, 4.69) is 29.4 Å². The van der Waals surface area contributed by atoms with E-state index in [0.29, 0.717) is 0 Å². The molecule has 41 valence electrons. The second-order valence-corrected chi connectivity index (χ2v) is 2.60. The lowest BCUT2D eigenvalue weighted by Gasteiger charge is -1.89. The molecule has 7 heavy (non-hydrogen) atoms. The Hall–Kier alpha value is 0.220. The Kier molecular flexibility index (Phi) is 4.52. The molecule has 0 aliphatic heterocycles. The van der Waals surface area contributed by atoms with Crippen LogP contribution in [0.2, 0.25) is 0 Å². The van der Waals surface area contributed by atoms with E-state index in [9.17, 15) is 0 Å². The summed E-state index contributed by atoms with van der Waals surface area (Å²) in [5.41, 5.74) is 0. The molecule has 0 atom stereocenters. The first kappa shape index (κ1) is 7.22. The van der Waals surface area contributed by atoms with Gasteiger partial charge in [-0.3, -0.25) is 0 Å². The third-order valence-electron chi connectivity index (χ3n) is 0.698. The van der Waals surface area contributed by atoms with Crippen LogP contribution in [0.1, 0.15) is 19.3 Å². The fourth-order valence-corrected chi connectivity index (χ4v) is 0.597. The molecule has 0 aliphatic rings. The molecular formula is C6H10Br. The highest BCUT2D eigenvalue weighted by atomic mass is 79.9. The Morgan fingerprint density at radius 1 is 1.57 bits per heavy atom. The van der Waals surface area contributed by atoms with Crippen molar-refractivity contribution >= 4 is 15.9 Å². The summed E-state index contributed by atoms with van der Waals surface area (Å²) < 4.78 is 1.08. The van der Waals surface area contributed by atoms with E-state index in [4.69, 9.17) is 0 Å². The number of rotatable bonds is 3. The largest absolute Gasteiger partial charge is 0.0889 e. The summed E-state index contributed by atoms with van der Waals surface area (Å²) in [5, 5.41) is 0. The highest BCUT2D eigenvalue weighted by molar-refractivity contribution is 9.11. The molecule has 1 heteroatoms. The van der Waals surface area contributed by atoms with Crippen LogP contribution in [0, 0.1) is 6.92 Å². The molecule has 0 saturated heterocycles. The average molecular weight is 162 g/mol. The van der Waals surface area contributed by atoms with Gasteiger partial charge in [0.25, 0.3) is 0 Å². The Bertz CT molecular complexity index is 57.2. The summed E-state index contributed by atoms with van der Waals surface area (Å²) in [4.78, 5) is 0. The van der Waals surface area contributed by atoms with Gasteiger partial charge in [-0.25, -0.2) is 0 Å². The first-order valence-corrected chi connectivity index (χ1v) is 3.19. The summed E-state index contributed by atoms with van der Waals surface area (Å²) in [6.45, 7) is 7.38. The van der Waals surface area contributed by atoms with Crippen LogP contribution in [0.4, 0.5) is 0 Å². The van der Waals surface area contributed by atoms with Crippen LogP contribution < -0.4 is 0 Å². The lowest BCUT2D eigenvalue weighted by Crippen LogP contribution is -1.68. The summed E-state index contributed by atoms with van der Waals surface area (Å²) in [6, 6.07) is 0. The molecule has 0 amide bonds. The molecule has 0 aromatic rings. The predicted molar refractivity (Wildman–Crippen MR) is 37.3 cm³/mol. The number of allylic oxidation sites excluding steroid dienone is 1. The lowest BCUT2D eigenvalue weighted by atomic mass is 10.2. The molecule has 1 radical (unpaired) electrons. The van der Waals surface area contributed by atoms with E-state index in [-0.39, 0.29) is 0 Å².